The highest BCUT2D eigenvalue weighted by atomic mass is 79.9. The molecule has 2 amide bonds. The topological polar surface area (TPSA) is 61.4 Å². The first kappa shape index (κ1) is 22.1. The van der Waals surface area contributed by atoms with E-state index in [1.165, 1.54) is 18.5 Å². The summed E-state index contributed by atoms with van der Waals surface area (Å²) in [5.74, 6) is -0.384. The summed E-state index contributed by atoms with van der Waals surface area (Å²) in [7, 11) is 1.79. The minimum Gasteiger partial charge on any atom is -0.356 e. The van der Waals surface area contributed by atoms with Crippen LogP contribution < -0.4 is 10.2 Å². The van der Waals surface area contributed by atoms with Gasteiger partial charge in [-0.3, -0.25) is 0 Å². The minimum atomic E-state index is -0.627. The number of hydrogen-bond acceptors (Lipinski definition) is 4. The number of urea groups is 1. The van der Waals surface area contributed by atoms with Crippen LogP contribution in [0, 0.1) is 11.6 Å². The molecule has 32 heavy (non-hydrogen) atoms. The maximum Gasteiger partial charge on any atom is 0.321 e. The van der Waals surface area contributed by atoms with E-state index in [1.807, 2.05) is 6.07 Å². The van der Waals surface area contributed by atoms with Crippen LogP contribution in [-0.2, 0) is 0 Å². The third-order valence-electron chi connectivity index (χ3n) is 5.61. The highest BCUT2D eigenvalue weighted by molar-refractivity contribution is 9.10. The van der Waals surface area contributed by atoms with Gasteiger partial charge in [0.1, 0.15) is 28.4 Å². The Labute approximate surface area is 193 Å². The van der Waals surface area contributed by atoms with Crippen molar-refractivity contribution in [3.8, 4) is 11.1 Å². The number of benzene rings is 2. The monoisotopic (exact) mass is 501 g/mol. The van der Waals surface area contributed by atoms with Gasteiger partial charge in [0.05, 0.1) is 0 Å². The number of rotatable bonds is 4. The number of nitrogens with zero attached hydrogens (tertiary/aromatic N) is 4. The van der Waals surface area contributed by atoms with Crippen molar-refractivity contribution in [3.05, 3.63) is 71.1 Å². The Bertz CT molecular complexity index is 1080. The number of aromatic nitrogens is 2. The molecule has 6 nitrogen and oxygen atoms in total. The number of amides is 2. The summed E-state index contributed by atoms with van der Waals surface area (Å²) in [6.45, 7) is 1.59. The van der Waals surface area contributed by atoms with Crippen LogP contribution in [0.25, 0.3) is 11.1 Å². The van der Waals surface area contributed by atoms with Crippen molar-refractivity contribution < 1.29 is 13.6 Å². The number of halogens is 3. The molecule has 1 aliphatic heterocycles. The summed E-state index contributed by atoms with van der Waals surface area (Å²) in [5, 5.41) is 2.89. The molecular weight excluding hydrogens is 480 g/mol. The molecule has 166 valence electrons. The van der Waals surface area contributed by atoms with Crippen molar-refractivity contribution in [1.82, 2.24) is 14.9 Å². The molecule has 0 saturated carbocycles. The van der Waals surface area contributed by atoms with E-state index < -0.39 is 11.6 Å². The number of carbonyl (C=O) groups is 1. The quantitative estimate of drug-likeness (QED) is 0.491. The number of carbonyl (C=O) groups excluding carboxylic acids is 1. The van der Waals surface area contributed by atoms with Crippen molar-refractivity contribution >= 4 is 33.5 Å². The van der Waals surface area contributed by atoms with Crippen molar-refractivity contribution in [2.75, 3.05) is 30.4 Å². The molecule has 0 bridgehead atoms. The van der Waals surface area contributed by atoms with Crippen molar-refractivity contribution in [2.24, 2.45) is 0 Å². The van der Waals surface area contributed by atoms with Crippen LogP contribution in [0.3, 0.4) is 0 Å². The van der Waals surface area contributed by atoms with Gasteiger partial charge in [-0.15, -0.1) is 0 Å². The van der Waals surface area contributed by atoms with Gasteiger partial charge in [0.25, 0.3) is 0 Å². The van der Waals surface area contributed by atoms with Crippen LogP contribution in [0.5, 0.6) is 0 Å². The Morgan fingerprint density at radius 3 is 2.31 bits per heavy atom. The fourth-order valence-corrected chi connectivity index (χ4v) is 4.12. The molecule has 0 atom stereocenters. The minimum absolute atomic E-state index is 0.117. The van der Waals surface area contributed by atoms with Gasteiger partial charge >= 0.3 is 6.03 Å². The van der Waals surface area contributed by atoms with Crippen LogP contribution >= 0.6 is 15.9 Å². The fraction of sp³-hybridized carbons (Fsp3) is 0.261. The van der Waals surface area contributed by atoms with Crippen molar-refractivity contribution in [3.63, 3.8) is 0 Å². The number of nitrogens with one attached hydrogen (secondary N) is 1. The van der Waals surface area contributed by atoms with Crippen molar-refractivity contribution in [2.45, 2.75) is 18.9 Å². The Hall–Kier alpha value is -3.07. The van der Waals surface area contributed by atoms with E-state index in [0.717, 1.165) is 42.4 Å². The summed E-state index contributed by atoms with van der Waals surface area (Å²) in [6, 6.07) is 12.1. The number of hydrogen-bond donors (Lipinski definition) is 1. The lowest BCUT2D eigenvalue weighted by atomic mass is 10.0. The Morgan fingerprint density at radius 2 is 1.69 bits per heavy atom. The number of piperidine rings is 1. The Morgan fingerprint density at radius 1 is 1.03 bits per heavy atom. The van der Waals surface area contributed by atoms with E-state index in [9.17, 15) is 13.6 Å². The van der Waals surface area contributed by atoms with Gasteiger partial charge < -0.3 is 15.1 Å². The molecule has 1 fully saturated rings. The first-order valence-corrected chi connectivity index (χ1v) is 11.0. The standard InChI is InChI=1S/C23H22BrF2N5O/c1-30(20-6-8-31(9-7-20)22-13-21(24)27-14-28-22)23(32)29-19-4-2-15(3-5-19)16-10-17(25)12-18(26)11-16/h2-5,10-14,20H,6-9H2,1H3,(H,29,32). The zero-order valence-corrected chi connectivity index (χ0v) is 19.0. The second-order valence-corrected chi connectivity index (χ2v) is 8.51. The molecule has 4 rings (SSSR count). The maximum absolute atomic E-state index is 13.5. The van der Waals surface area contributed by atoms with Crippen LogP contribution in [0.15, 0.2) is 59.5 Å². The predicted octanol–water partition coefficient (Wildman–Crippen LogP) is 5.32. The molecule has 2 heterocycles. The first-order chi connectivity index (χ1) is 15.4. The summed E-state index contributed by atoms with van der Waals surface area (Å²) >= 11 is 3.37. The van der Waals surface area contributed by atoms with E-state index in [1.54, 1.807) is 36.2 Å². The molecular formula is C23H22BrF2N5O. The fourth-order valence-electron chi connectivity index (χ4n) is 3.82. The average molecular weight is 502 g/mol. The zero-order valence-electron chi connectivity index (χ0n) is 17.4. The first-order valence-electron chi connectivity index (χ1n) is 10.2. The highest BCUT2D eigenvalue weighted by Crippen LogP contribution is 2.25. The molecule has 0 unspecified atom stereocenters. The maximum atomic E-state index is 13.5. The van der Waals surface area contributed by atoms with Gasteiger partial charge in [0.2, 0.25) is 0 Å². The van der Waals surface area contributed by atoms with Crippen LogP contribution in [0.1, 0.15) is 12.8 Å². The molecule has 0 spiro atoms. The Balaban J connectivity index is 1.34. The van der Waals surface area contributed by atoms with Crippen molar-refractivity contribution in [1.29, 1.82) is 0 Å². The lowest BCUT2D eigenvalue weighted by molar-refractivity contribution is 0.193. The lowest BCUT2D eigenvalue weighted by Gasteiger charge is -2.37. The van der Waals surface area contributed by atoms with Crippen LogP contribution in [0.4, 0.5) is 25.1 Å². The number of anilines is 2. The summed E-state index contributed by atoms with van der Waals surface area (Å²) in [5.41, 5.74) is 1.73. The second-order valence-electron chi connectivity index (χ2n) is 7.69. The lowest BCUT2D eigenvalue weighted by Crippen LogP contribution is -2.47. The van der Waals surface area contributed by atoms with Crippen LogP contribution in [0.2, 0.25) is 0 Å². The normalized spacial score (nSPS) is 14.3. The molecule has 1 aromatic heterocycles. The molecule has 1 N–H and O–H groups in total. The van der Waals surface area contributed by atoms with Gasteiger partial charge in [-0.2, -0.15) is 0 Å². The van der Waals surface area contributed by atoms with E-state index >= 15 is 0 Å². The Kier molecular flexibility index (Phi) is 6.64. The molecule has 3 aromatic rings. The third kappa shape index (κ3) is 5.21. The zero-order chi connectivity index (χ0) is 22.7. The molecule has 0 aliphatic carbocycles. The summed E-state index contributed by atoms with van der Waals surface area (Å²) in [4.78, 5) is 25.0. The molecule has 1 aliphatic rings. The summed E-state index contributed by atoms with van der Waals surface area (Å²) < 4.78 is 27.7. The average Bonchev–Trinajstić information content (AvgIpc) is 2.78. The van der Waals surface area contributed by atoms with E-state index in [2.05, 4.69) is 36.1 Å². The van der Waals surface area contributed by atoms with E-state index in [-0.39, 0.29) is 12.1 Å². The van der Waals surface area contributed by atoms with Gasteiger partial charge in [-0.25, -0.2) is 23.5 Å². The van der Waals surface area contributed by atoms with Gasteiger partial charge in [0.15, 0.2) is 0 Å². The van der Waals surface area contributed by atoms with Crippen LogP contribution in [-0.4, -0.2) is 47.1 Å². The second kappa shape index (κ2) is 9.60. The van der Waals surface area contributed by atoms with E-state index in [0.29, 0.717) is 16.8 Å². The van der Waals surface area contributed by atoms with E-state index in [4.69, 9.17) is 0 Å². The predicted molar refractivity (Wildman–Crippen MR) is 124 cm³/mol. The summed E-state index contributed by atoms with van der Waals surface area (Å²) in [6.07, 6.45) is 3.19. The van der Waals surface area contributed by atoms with Gasteiger partial charge in [-0.1, -0.05) is 12.1 Å². The third-order valence-corrected chi connectivity index (χ3v) is 6.04. The largest absolute Gasteiger partial charge is 0.356 e. The van der Waals surface area contributed by atoms with Gasteiger partial charge in [0, 0.05) is 44.0 Å². The molecule has 0 radical (unpaired) electrons. The smallest absolute Gasteiger partial charge is 0.321 e. The van der Waals surface area contributed by atoms with Gasteiger partial charge in [-0.05, 0) is 64.2 Å². The highest BCUT2D eigenvalue weighted by Gasteiger charge is 2.26. The molecule has 9 heteroatoms. The molecule has 2 aromatic carbocycles. The SMILES string of the molecule is CN(C(=O)Nc1ccc(-c2cc(F)cc(F)c2)cc1)C1CCN(c2cc(Br)ncn2)CC1. The molecule has 1 saturated heterocycles.